The second-order valence-corrected chi connectivity index (χ2v) is 5.06. The molecular weight excluding hydrogens is 289 g/mol. The summed E-state index contributed by atoms with van der Waals surface area (Å²) in [6.07, 6.45) is 3.49. The summed E-state index contributed by atoms with van der Waals surface area (Å²) in [4.78, 5) is 4.11. The summed E-state index contributed by atoms with van der Waals surface area (Å²) < 4.78 is 13.7. The third-order valence-electron chi connectivity index (χ3n) is 3.48. The minimum absolute atomic E-state index is 0.0755. The lowest BCUT2D eigenvalue weighted by Gasteiger charge is -2.20. The van der Waals surface area contributed by atoms with Gasteiger partial charge in [0, 0.05) is 17.8 Å². The Hall–Kier alpha value is -2.01. The van der Waals surface area contributed by atoms with Crippen LogP contribution in [0.25, 0.3) is 10.8 Å². The molecule has 0 aliphatic rings. The first-order chi connectivity index (χ1) is 10.2. The first-order valence-corrected chi connectivity index (χ1v) is 6.83. The van der Waals surface area contributed by atoms with E-state index in [0.29, 0.717) is 5.56 Å². The molecule has 0 saturated heterocycles. The number of halogens is 2. The quantitative estimate of drug-likeness (QED) is 0.574. The van der Waals surface area contributed by atoms with Crippen molar-refractivity contribution >= 4 is 22.4 Å². The Morgan fingerprint density at radius 1 is 1.10 bits per heavy atom. The molecule has 3 rings (SSSR count). The summed E-state index contributed by atoms with van der Waals surface area (Å²) in [7, 11) is 0. The first-order valence-electron chi connectivity index (χ1n) is 6.45. The highest BCUT2D eigenvalue weighted by atomic mass is 35.5. The maximum absolute atomic E-state index is 13.7. The lowest BCUT2D eigenvalue weighted by atomic mass is 9.95. The van der Waals surface area contributed by atoms with Crippen LogP contribution in [0.15, 0.2) is 54.9 Å². The molecule has 0 amide bonds. The van der Waals surface area contributed by atoms with Crippen LogP contribution in [0, 0.1) is 5.82 Å². The van der Waals surface area contributed by atoms with Crippen molar-refractivity contribution in [2.24, 2.45) is 5.84 Å². The van der Waals surface area contributed by atoms with Crippen molar-refractivity contribution in [1.29, 1.82) is 0 Å². The Morgan fingerprint density at radius 3 is 2.67 bits per heavy atom. The molecule has 3 N–H and O–H groups in total. The fraction of sp³-hybridized carbons (Fsp3) is 0.0625. The van der Waals surface area contributed by atoms with Crippen molar-refractivity contribution < 1.29 is 4.39 Å². The van der Waals surface area contributed by atoms with Crippen molar-refractivity contribution in [2.75, 3.05) is 0 Å². The van der Waals surface area contributed by atoms with E-state index in [1.807, 2.05) is 24.3 Å². The van der Waals surface area contributed by atoms with Gasteiger partial charge in [0.1, 0.15) is 5.82 Å². The number of nitrogens with one attached hydrogen (secondary N) is 1. The number of nitrogens with two attached hydrogens (primary N) is 1. The van der Waals surface area contributed by atoms with Gasteiger partial charge in [0.05, 0.1) is 11.1 Å². The molecule has 2 aromatic carbocycles. The summed E-state index contributed by atoms with van der Waals surface area (Å²) in [6.45, 7) is 0. The maximum atomic E-state index is 13.7. The molecule has 0 bridgehead atoms. The summed E-state index contributed by atoms with van der Waals surface area (Å²) in [5.74, 6) is 5.24. The number of pyridine rings is 1. The molecule has 1 aromatic heterocycles. The van der Waals surface area contributed by atoms with Gasteiger partial charge in [-0.15, -0.1) is 0 Å². The number of nitrogens with zero attached hydrogens (tertiary/aromatic N) is 1. The molecule has 1 heterocycles. The fourth-order valence-electron chi connectivity index (χ4n) is 2.49. The second kappa shape index (κ2) is 5.77. The highest BCUT2D eigenvalue weighted by Crippen LogP contribution is 2.32. The smallest absolute Gasteiger partial charge is 0.142 e. The molecule has 5 heteroatoms. The van der Waals surface area contributed by atoms with Gasteiger partial charge in [-0.25, -0.2) is 9.82 Å². The Kier molecular flexibility index (Phi) is 3.84. The maximum Gasteiger partial charge on any atom is 0.142 e. The van der Waals surface area contributed by atoms with Crippen LogP contribution in [0.2, 0.25) is 5.02 Å². The molecule has 3 nitrogen and oxygen atoms in total. The highest BCUT2D eigenvalue weighted by molar-refractivity contribution is 6.31. The number of rotatable bonds is 3. The molecular formula is C16H13ClFN3. The highest BCUT2D eigenvalue weighted by Gasteiger charge is 2.19. The van der Waals surface area contributed by atoms with Crippen LogP contribution in [0.3, 0.4) is 0 Å². The third-order valence-corrected chi connectivity index (χ3v) is 3.88. The molecule has 1 unspecified atom stereocenters. The molecule has 0 radical (unpaired) electrons. The summed E-state index contributed by atoms with van der Waals surface area (Å²) >= 11 is 6.08. The topological polar surface area (TPSA) is 50.9 Å². The predicted molar refractivity (Wildman–Crippen MR) is 82.3 cm³/mol. The molecule has 106 valence electrons. The fourth-order valence-corrected chi connectivity index (χ4v) is 2.72. The van der Waals surface area contributed by atoms with Gasteiger partial charge >= 0.3 is 0 Å². The number of hydrogen-bond acceptors (Lipinski definition) is 3. The van der Waals surface area contributed by atoms with Crippen molar-refractivity contribution in [3.8, 4) is 0 Å². The van der Waals surface area contributed by atoms with Crippen LogP contribution in [0.4, 0.5) is 4.39 Å². The number of hydrazine groups is 1. The normalized spacial score (nSPS) is 12.5. The van der Waals surface area contributed by atoms with E-state index in [1.165, 1.54) is 6.07 Å². The SMILES string of the molecule is NNC(c1cccc(F)c1Cl)c1cccc2cnccc12. The number of hydrogen-bond donors (Lipinski definition) is 2. The van der Waals surface area contributed by atoms with E-state index in [-0.39, 0.29) is 5.02 Å². The Labute approximate surface area is 126 Å². The molecule has 0 aliphatic carbocycles. The third kappa shape index (κ3) is 2.49. The molecule has 0 spiro atoms. The monoisotopic (exact) mass is 301 g/mol. The van der Waals surface area contributed by atoms with Gasteiger partial charge in [-0.05, 0) is 28.6 Å². The van der Waals surface area contributed by atoms with Crippen LogP contribution in [0.1, 0.15) is 17.2 Å². The van der Waals surface area contributed by atoms with E-state index in [0.717, 1.165) is 16.3 Å². The second-order valence-electron chi connectivity index (χ2n) is 4.69. The summed E-state index contributed by atoms with van der Waals surface area (Å²) in [6, 6.07) is 12.0. The van der Waals surface area contributed by atoms with Gasteiger partial charge in [-0.3, -0.25) is 10.8 Å². The number of fused-ring (bicyclic) bond motifs is 1. The van der Waals surface area contributed by atoms with Gasteiger partial charge < -0.3 is 0 Å². The Bertz CT molecular complexity index is 786. The van der Waals surface area contributed by atoms with E-state index >= 15 is 0 Å². The van der Waals surface area contributed by atoms with Crippen LogP contribution >= 0.6 is 11.6 Å². The number of benzene rings is 2. The average molecular weight is 302 g/mol. The van der Waals surface area contributed by atoms with E-state index in [1.54, 1.807) is 24.5 Å². The van der Waals surface area contributed by atoms with Crippen molar-refractivity contribution in [3.05, 3.63) is 76.8 Å². The van der Waals surface area contributed by atoms with Gasteiger partial charge in [-0.1, -0.05) is 41.9 Å². The zero-order chi connectivity index (χ0) is 14.8. The van der Waals surface area contributed by atoms with Gasteiger partial charge in [0.15, 0.2) is 0 Å². The van der Waals surface area contributed by atoms with Gasteiger partial charge in [-0.2, -0.15) is 0 Å². The lowest BCUT2D eigenvalue weighted by Crippen LogP contribution is -2.29. The van der Waals surface area contributed by atoms with Crippen LogP contribution in [0.5, 0.6) is 0 Å². The minimum atomic E-state index is -0.462. The van der Waals surface area contributed by atoms with E-state index in [4.69, 9.17) is 17.4 Å². The van der Waals surface area contributed by atoms with Crippen molar-refractivity contribution in [1.82, 2.24) is 10.4 Å². The van der Waals surface area contributed by atoms with E-state index < -0.39 is 11.9 Å². The van der Waals surface area contributed by atoms with E-state index in [9.17, 15) is 4.39 Å². The van der Waals surface area contributed by atoms with Crippen LogP contribution in [-0.4, -0.2) is 4.98 Å². The molecule has 0 fully saturated rings. The van der Waals surface area contributed by atoms with Crippen LogP contribution in [-0.2, 0) is 0 Å². The van der Waals surface area contributed by atoms with Crippen molar-refractivity contribution in [3.63, 3.8) is 0 Å². The van der Waals surface area contributed by atoms with Gasteiger partial charge in [0.25, 0.3) is 0 Å². The molecule has 0 saturated carbocycles. The standard InChI is InChI=1S/C16H13ClFN3/c17-15-13(5-2-6-14(15)18)16(21-19)12-4-1-3-10-9-20-8-7-11(10)12/h1-9,16,21H,19H2. The Morgan fingerprint density at radius 2 is 1.86 bits per heavy atom. The first kappa shape index (κ1) is 13.9. The lowest BCUT2D eigenvalue weighted by molar-refractivity contribution is 0.607. The molecule has 3 aromatic rings. The Balaban J connectivity index is 2.21. The zero-order valence-electron chi connectivity index (χ0n) is 11.1. The zero-order valence-corrected chi connectivity index (χ0v) is 11.8. The molecule has 1 atom stereocenters. The average Bonchev–Trinajstić information content (AvgIpc) is 2.52. The number of aromatic nitrogens is 1. The van der Waals surface area contributed by atoms with Crippen molar-refractivity contribution in [2.45, 2.75) is 6.04 Å². The summed E-state index contributed by atoms with van der Waals surface area (Å²) in [5.41, 5.74) is 4.24. The summed E-state index contributed by atoms with van der Waals surface area (Å²) in [5, 5.41) is 2.06. The van der Waals surface area contributed by atoms with E-state index in [2.05, 4.69) is 10.4 Å². The van der Waals surface area contributed by atoms with Gasteiger partial charge in [0.2, 0.25) is 0 Å². The predicted octanol–water partition coefficient (Wildman–Crippen LogP) is 3.58. The van der Waals surface area contributed by atoms with Crippen LogP contribution < -0.4 is 11.3 Å². The largest absolute Gasteiger partial charge is 0.271 e. The molecule has 21 heavy (non-hydrogen) atoms. The molecule has 0 aliphatic heterocycles. The minimum Gasteiger partial charge on any atom is -0.271 e.